The van der Waals surface area contributed by atoms with Gasteiger partial charge in [0.1, 0.15) is 0 Å². The molecule has 0 aromatic carbocycles. The molecule has 0 saturated heterocycles. The van der Waals surface area contributed by atoms with E-state index in [1.54, 1.807) is 6.08 Å². The van der Waals surface area contributed by atoms with Crippen molar-refractivity contribution < 1.29 is 9.90 Å². The molecule has 2 rings (SSSR count). The van der Waals surface area contributed by atoms with Crippen LogP contribution in [0.2, 0.25) is 0 Å². The number of allylic oxidation sites excluding steroid dienone is 2. The SMILES string of the molecule is O=C1CCC2C1=C(I)C=CC2O. The Kier molecular flexibility index (Phi) is 2.08. The molecule has 2 aliphatic carbocycles. The number of rotatable bonds is 0. The van der Waals surface area contributed by atoms with E-state index < -0.39 is 6.10 Å². The molecule has 0 amide bonds. The highest BCUT2D eigenvalue weighted by atomic mass is 127. The van der Waals surface area contributed by atoms with E-state index >= 15 is 0 Å². The zero-order chi connectivity index (χ0) is 8.72. The lowest BCUT2D eigenvalue weighted by atomic mass is 9.92. The van der Waals surface area contributed by atoms with Crippen LogP contribution in [0.25, 0.3) is 0 Å². The number of Topliss-reactive ketones (excluding diaryl/α,β-unsaturated/α-hetero) is 1. The topological polar surface area (TPSA) is 37.3 Å². The third-order valence-electron chi connectivity index (χ3n) is 2.46. The lowest BCUT2D eigenvalue weighted by Crippen LogP contribution is -2.20. The van der Waals surface area contributed by atoms with Gasteiger partial charge in [-0.25, -0.2) is 0 Å². The lowest BCUT2D eigenvalue weighted by molar-refractivity contribution is -0.114. The molecule has 12 heavy (non-hydrogen) atoms. The summed E-state index contributed by atoms with van der Waals surface area (Å²) in [5.74, 6) is 0.294. The van der Waals surface area contributed by atoms with E-state index in [1.165, 1.54) is 0 Å². The molecular weight excluding hydrogens is 267 g/mol. The maximum Gasteiger partial charge on any atom is 0.160 e. The van der Waals surface area contributed by atoms with Crippen molar-refractivity contribution in [2.24, 2.45) is 5.92 Å². The fraction of sp³-hybridized carbons (Fsp3) is 0.444. The average Bonchev–Trinajstić information content (AvgIpc) is 2.42. The Hall–Kier alpha value is -0.160. The minimum absolute atomic E-state index is 0.0781. The largest absolute Gasteiger partial charge is 0.388 e. The normalized spacial score (nSPS) is 34.3. The van der Waals surface area contributed by atoms with E-state index in [9.17, 15) is 9.90 Å². The smallest absolute Gasteiger partial charge is 0.160 e. The van der Waals surface area contributed by atoms with Crippen LogP contribution in [0.15, 0.2) is 21.3 Å². The Labute approximate surface area is 84.5 Å². The zero-order valence-corrected chi connectivity index (χ0v) is 8.61. The molecule has 1 N–H and O–H groups in total. The van der Waals surface area contributed by atoms with Crippen molar-refractivity contribution in [1.29, 1.82) is 0 Å². The van der Waals surface area contributed by atoms with Crippen molar-refractivity contribution in [2.45, 2.75) is 18.9 Å². The maximum atomic E-state index is 11.4. The van der Waals surface area contributed by atoms with Gasteiger partial charge in [-0.2, -0.15) is 0 Å². The Morgan fingerprint density at radius 1 is 1.58 bits per heavy atom. The van der Waals surface area contributed by atoms with Crippen LogP contribution in [0.4, 0.5) is 0 Å². The first-order chi connectivity index (χ1) is 5.70. The van der Waals surface area contributed by atoms with E-state index in [2.05, 4.69) is 22.6 Å². The standard InChI is InChI=1S/C9H9IO2/c10-6-2-4-7(11)5-1-3-8(12)9(5)6/h2,4-5,7,11H,1,3H2. The first-order valence-corrected chi connectivity index (χ1v) is 5.07. The second-order valence-electron chi connectivity index (χ2n) is 3.18. The number of hydrogen-bond acceptors (Lipinski definition) is 2. The van der Waals surface area contributed by atoms with Crippen molar-refractivity contribution in [3.8, 4) is 0 Å². The van der Waals surface area contributed by atoms with Crippen LogP contribution >= 0.6 is 22.6 Å². The molecule has 0 spiro atoms. The second kappa shape index (κ2) is 2.96. The Morgan fingerprint density at radius 3 is 3.00 bits per heavy atom. The van der Waals surface area contributed by atoms with Crippen molar-refractivity contribution >= 4 is 28.4 Å². The predicted octanol–water partition coefficient (Wildman–Crippen LogP) is 1.59. The van der Waals surface area contributed by atoms with Crippen LogP contribution in [-0.4, -0.2) is 17.0 Å². The summed E-state index contributed by atoms with van der Waals surface area (Å²) in [6.07, 6.45) is 4.58. The summed E-state index contributed by atoms with van der Waals surface area (Å²) < 4.78 is 1.01. The van der Waals surface area contributed by atoms with Gasteiger partial charge in [0.2, 0.25) is 0 Å². The van der Waals surface area contributed by atoms with Gasteiger partial charge in [-0.1, -0.05) is 6.08 Å². The zero-order valence-electron chi connectivity index (χ0n) is 6.46. The molecule has 1 fully saturated rings. The van der Waals surface area contributed by atoms with Gasteiger partial charge in [-0.15, -0.1) is 0 Å². The minimum atomic E-state index is -0.440. The summed E-state index contributed by atoms with van der Waals surface area (Å²) in [6, 6.07) is 0. The van der Waals surface area contributed by atoms with Gasteiger partial charge < -0.3 is 5.11 Å². The number of hydrogen-bond donors (Lipinski definition) is 1. The number of ketones is 1. The minimum Gasteiger partial charge on any atom is -0.388 e. The molecule has 64 valence electrons. The summed E-state index contributed by atoms with van der Waals surface area (Å²) in [5, 5.41) is 9.54. The Morgan fingerprint density at radius 2 is 2.33 bits per heavy atom. The molecule has 2 nitrogen and oxygen atoms in total. The van der Waals surface area contributed by atoms with Crippen molar-refractivity contribution in [3.63, 3.8) is 0 Å². The first-order valence-electron chi connectivity index (χ1n) is 3.99. The molecule has 0 aromatic rings. The van der Waals surface area contributed by atoms with Crippen molar-refractivity contribution in [2.75, 3.05) is 0 Å². The molecule has 0 radical (unpaired) electrons. The lowest BCUT2D eigenvalue weighted by Gasteiger charge is -2.19. The highest BCUT2D eigenvalue weighted by molar-refractivity contribution is 14.1. The highest BCUT2D eigenvalue weighted by Crippen LogP contribution is 2.38. The van der Waals surface area contributed by atoms with Gasteiger partial charge in [0, 0.05) is 21.5 Å². The maximum absolute atomic E-state index is 11.4. The Balaban J connectivity index is 2.44. The van der Waals surface area contributed by atoms with Crippen LogP contribution in [-0.2, 0) is 4.79 Å². The van der Waals surface area contributed by atoms with Gasteiger partial charge in [-0.3, -0.25) is 4.79 Å². The summed E-state index contributed by atoms with van der Waals surface area (Å²) in [5.41, 5.74) is 0.852. The quantitative estimate of drug-likeness (QED) is 0.682. The molecule has 0 bridgehead atoms. The third kappa shape index (κ3) is 1.15. The van der Waals surface area contributed by atoms with Gasteiger partial charge >= 0.3 is 0 Å². The second-order valence-corrected chi connectivity index (χ2v) is 4.34. The van der Waals surface area contributed by atoms with E-state index in [4.69, 9.17) is 0 Å². The fourth-order valence-electron chi connectivity index (χ4n) is 1.83. The van der Waals surface area contributed by atoms with Gasteiger partial charge in [0.15, 0.2) is 5.78 Å². The van der Waals surface area contributed by atoms with E-state index in [-0.39, 0.29) is 11.7 Å². The molecule has 2 aliphatic rings. The molecule has 2 unspecified atom stereocenters. The molecule has 1 saturated carbocycles. The molecule has 0 aliphatic heterocycles. The van der Waals surface area contributed by atoms with Gasteiger partial charge in [0.05, 0.1) is 6.10 Å². The average molecular weight is 276 g/mol. The van der Waals surface area contributed by atoms with E-state index in [0.717, 1.165) is 15.6 Å². The van der Waals surface area contributed by atoms with Crippen LogP contribution in [0.5, 0.6) is 0 Å². The molecule has 0 aromatic heterocycles. The number of aliphatic hydroxyl groups is 1. The van der Waals surface area contributed by atoms with Crippen LogP contribution < -0.4 is 0 Å². The number of fused-ring (bicyclic) bond motifs is 1. The number of halogens is 1. The number of carbonyl (C=O) groups is 1. The van der Waals surface area contributed by atoms with Crippen LogP contribution in [0, 0.1) is 5.92 Å². The predicted molar refractivity (Wildman–Crippen MR) is 53.9 cm³/mol. The molecule has 0 heterocycles. The summed E-state index contributed by atoms with van der Waals surface area (Å²) in [7, 11) is 0. The first kappa shape index (κ1) is 8.44. The van der Waals surface area contributed by atoms with Crippen molar-refractivity contribution in [3.05, 3.63) is 21.3 Å². The number of carbonyl (C=O) groups excluding carboxylic acids is 1. The fourth-order valence-corrected chi connectivity index (χ4v) is 2.74. The van der Waals surface area contributed by atoms with Gasteiger partial charge in [-0.05, 0) is 35.1 Å². The van der Waals surface area contributed by atoms with E-state index in [0.29, 0.717) is 6.42 Å². The monoisotopic (exact) mass is 276 g/mol. The summed E-state index contributed by atoms with van der Waals surface area (Å²) in [4.78, 5) is 11.4. The molecule has 3 heteroatoms. The Bertz CT molecular complexity index is 291. The summed E-state index contributed by atoms with van der Waals surface area (Å²) >= 11 is 2.16. The van der Waals surface area contributed by atoms with Crippen LogP contribution in [0.1, 0.15) is 12.8 Å². The van der Waals surface area contributed by atoms with E-state index in [1.807, 2.05) is 6.08 Å². The van der Waals surface area contributed by atoms with Crippen molar-refractivity contribution in [1.82, 2.24) is 0 Å². The number of aliphatic hydroxyl groups excluding tert-OH is 1. The molecular formula is C9H9IO2. The molecule has 2 atom stereocenters. The van der Waals surface area contributed by atoms with Gasteiger partial charge in [0.25, 0.3) is 0 Å². The highest BCUT2D eigenvalue weighted by Gasteiger charge is 2.35. The summed E-state index contributed by atoms with van der Waals surface area (Å²) in [6.45, 7) is 0. The third-order valence-corrected chi connectivity index (χ3v) is 3.40. The van der Waals surface area contributed by atoms with Crippen LogP contribution in [0.3, 0.4) is 0 Å².